The molecule has 6 atom stereocenters. The van der Waals surface area contributed by atoms with Gasteiger partial charge in [0.2, 0.25) is 0 Å². The number of fused-ring (bicyclic) bond motifs is 2. The smallest absolute Gasteiger partial charge is 0.124 e. The van der Waals surface area contributed by atoms with Crippen molar-refractivity contribution in [3.05, 3.63) is 64.2 Å². The van der Waals surface area contributed by atoms with Crippen molar-refractivity contribution < 1.29 is 24.8 Å². The fourth-order valence-electron chi connectivity index (χ4n) is 6.41. The van der Waals surface area contributed by atoms with Crippen molar-refractivity contribution in [2.24, 2.45) is 5.41 Å². The minimum absolute atomic E-state index is 0.120. The highest BCUT2D eigenvalue weighted by atomic mass is 35.5. The van der Waals surface area contributed by atoms with Crippen molar-refractivity contribution in [3.8, 4) is 5.75 Å². The molecule has 6 heteroatoms. The van der Waals surface area contributed by atoms with Crippen LogP contribution in [-0.4, -0.2) is 52.9 Å². The molecule has 6 unspecified atom stereocenters. The van der Waals surface area contributed by atoms with Gasteiger partial charge in [-0.2, -0.15) is 0 Å². The van der Waals surface area contributed by atoms with Crippen LogP contribution in [-0.2, 0) is 16.6 Å². The molecule has 2 aromatic carbocycles. The standard InChI is InChI=1S/C27H33ClO5/c1-17(29)26-10-2-11-27(25(26)31,24(30)15-26)20-5-8-23(28)19(14-20)13-18-3-6-21(7-4-18)33-22-9-12-32-16-22/h3-8,14,17,22,24-25,29-31H,2,9-13,15-16H2,1H3. The molecule has 2 bridgehead atoms. The second kappa shape index (κ2) is 8.86. The molecule has 5 nitrogen and oxygen atoms in total. The van der Waals surface area contributed by atoms with E-state index in [0.717, 1.165) is 48.3 Å². The van der Waals surface area contributed by atoms with Gasteiger partial charge in [-0.1, -0.05) is 42.3 Å². The fraction of sp³-hybridized carbons (Fsp3) is 0.556. The Balaban J connectivity index is 1.39. The normalized spacial score (nSPS) is 34.4. The first-order valence-corrected chi connectivity index (χ1v) is 12.4. The zero-order valence-corrected chi connectivity index (χ0v) is 19.8. The molecule has 5 rings (SSSR count). The van der Waals surface area contributed by atoms with Crippen molar-refractivity contribution in [1.29, 1.82) is 0 Å². The lowest BCUT2D eigenvalue weighted by atomic mass is 9.61. The molecule has 33 heavy (non-hydrogen) atoms. The quantitative estimate of drug-likeness (QED) is 0.592. The highest BCUT2D eigenvalue weighted by Crippen LogP contribution is 2.61. The summed E-state index contributed by atoms with van der Waals surface area (Å²) >= 11 is 6.58. The molecule has 3 fully saturated rings. The Morgan fingerprint density at radius 3 is 2.64 bits per heavy atom. The molecule has 3 N–H and O–H groups in total. The Kier molecular flexibility index (Phi) is 6.21. The molecular weight excluding hydrogens is 440 g/mol. The maximum Gasteiger partial charge on any atom is 0.124 e. The third kappa shape index (κ3) is 3.88. The third-order valence-corrected chi connectivity index (χ3v) is 8.73. The topological polar surface area (TPSA) is 79.2 Å². The molecule has 178 valence electrons. The summed E-state index contributed by atoms with van der Waals surface area (Å²) in [4.78, 5) is 0. The second-order valence-electron chi connectivity index (χ2n) is 10.2. The number of hydrogen-bond acceptors (Lipinski definition) is 5. The Bertz CT molecular complexity index is 987. The molecule has 0 spiro atoms. The van der Waals surface area contributed by atoms with Crippen LogP contribution in [0.2, 0.25) is 5.02 Å². The zero-order chi connectivity index (χ0) is 23.2. The molecule has 1 heterocycles. The molecule has 0 radical (unpaired) electrons. The van der Waals surface area contributed by atoms with E-state index in [2.05, 4.69) is 0 Å². The largest absolute Gasteiger partial charge is 0.488 e. The van der Waals surface area contributed by atoms with Crippen LogP contribution in [0.3, 0.4) is 0 Å². The molecule has 1 saturated heterocycles. The molecule has 3 aliphatic rings. The molecule has 0 amide bonds. The lowest BCUT2D eigenvalue weighted by Gasteiger charge is -2.46. The van der Waals surface area contributed by atoms with Gasteiger partial charge in [0.15, 0.2) is 0 Å². The van der Waals surface area contributed by atoms with Crippen molar-refractivity contribution in [2.45, 2.75) is 75.3 Å². The first kappa shape index (κ1) is 23.1. The van der Waals surface area contributed by atoms with Gasteiger partial charge in [-0.3, -0.25) is 0 Å². The average molecular weight is 473 g/mol. The zero-order valence-electron chi connectivity index (χ0n) is 19.0. The van der Waals surface area contributed by atoms with Gasteiger partial charge < -0.3 is 24.8 Å². The number of hydrogen-bond donors (Lipinski definition) is 3. The van der Waals surface area contributed by atoms with E-state index in [-0.39, 0.29) is 6.10 Å². The van der Waals surface area contributed by atoms with Crippen LogP contribution in [0, 0.1) is 5.41 Å². The van der Waals surface area contributed by atoms with Gasteiger partial charge in [-0.15, -0.1) is 0 Å². The molecule has 2 aromatic rings. The lowest BCUT2D eigenvalue weighted by Crippen LogP contribution is -2.53. The van der Waals surface area contributed by atoms with Gasteiger partial charge in [-0.05, 0) is 67.5 Å². The van der Waals surface area contributed by atoms with Crippen molar-refractivity contribution in [2.75, 3.05) is 13.2 Å². The number of halogens is 1. The Hall–Kier alpha value is -1.63. The van der Waals surface area contributed by atoms with Crippen LogP contribution in [0.5, 0.6) is 5.75 Å². The summed E-state index contributed by atoms with van der Waals surface area (Å²) in [6.45, 7) is 3.12. The first-order valence-electron chi connectivity index (χ1n) is 12.0. The van der Waals surface area contributed by atoms with Crippen molar-refractivity contribution >= 4 is 11.6 Å². The summed E-state index contributed by atoms with van der Waals surface area (Å²) in [5.74, 6) is 0.835. The fourth-order valence-corrected chi connectivity index (χ4v) is 6.59. The minimum atomic E-state index is -0.793. The predicted octanol–water partition coefficient (Wildman–Crippen LogP) is 4.01. The van der Waals surface area contributed by atoms with E-state index in [9.17, 15) is 15.3 Å². The van der Waals surface area contributed by atoms with Crippen LogP contribution in [0.15, 0.2) is 42.5 Å². The average Bonchev–Trinajstić information content (AvgIpc) is 3.33. The Morgan fingerprint density at radius 2 is 1.94 bits per heavy atom. The maximum atomic E-state index is 11.4. The van der Waals surface area contributed by atoms with Gasteiger partial charge in [0.05, 0.1) is 31.5 Å². The Labute approximate surface area is 200 Å². The highest BCUT2D eigenvalue weighted by Gasteiger charge is 2.65. The van der Waals surface area contributed by atoms with E-state index in [1.165, 1.54) is 0 Å². The van der Waals surface area contributed by atoms with Crippen LogP contribution >= 0.6 is 11.6 Å². The van der Waals surface area contributed by atoms with E-state index in [1.807, 2.05) is 42.5 Å². The van der Waals surface area contributed by atoms with Crippen LogP contribution in [0.25, 0.3) is 0 Å². The minimum Gasteiger partial charge on any atom is -0.488 e. The van der Waals surface area contributed by atoms with Crippen LogP contribution in [0.4, 0.5) is 0 Å². The summed E-state index contributed by atoms with van der Waals surface area (Å²) in [6.07, 6.45) is 2.22. The molecule has 2 aliphatic carbocycles. The van der Waals surface area contributed by atoms with Gasteiger partial charge in [-0.25, -0.2) is 0 Å². The summed E-state index contributed by atoms with van der Waals surface area (Å²) in [7, 11) is 0. The van der Waals surface area contributed by atoms with E-state index in [1.54, 1.807) is 6.92 Å². The van der Waals surface area contributed by atoms with Gasteiger partial charge in [0.25, 0.3) is 0 Å². The monoisotopic (exact) mass is 472 g/mol. The number of ether oxygens (including phenoxy) is 2. The molecule has 1 aliphatic heterocycles. The number of benzene rings is 2. The maximum absolute atomic E-state index is 11.4. The molecule has 0 aromatic heterocycles. The molecular formula is C27H33ClO5. The Morgan fingerprint density at radius 1 is 1.15 bits per heavy atom. The predicted molar refractivity (Wildman–Crippen MR) is 127 cm³/mol. The number of aliphatic hydroxyl groups is 3. The van der Waals surface area contributed by atoms with E-state index < -0.39 is 29.1 Å². The summed E-state index contributed by atoms with van der Waals surface area (Å²) in [5.41, 5.74) is 1.55. The first-order chi connectivity index (χ1) is 15.8. The summed E-state index contributed by atoms with van der Waals surface area (Å²) in [5, 5.41) is 33.7. The highest BCUT2D eigenvalue weighted by molar-refractivity contribution is 6.31. The van der Waals surface area contributed by atoms with Gasteiger partial charge in [0.1, 0.15) is 11.9 Å². The van der Waals surface area contributed by atoms with Crippen molar-refractivity contribution in [1.82, 2.24) is 0 Å². The van der Waals surface area contributed by atoms with E-state index in [0.29, 0.717) is 30.9 Å². The second-order valence-corrected chi connectivity index (χ2v) is 10.6. The number of aliphatic hydroxyl groups excluding tert-OH is 3. The SMILES string of the molecule is CC(O)C12CCCC(c3ccc(Cl)c(Cc4ccc(OC5CCOC5)cc4)c3)(C(O)C1)C2O. The third-order valence-electron chi connectivity index (χ3n) is 8.36. The molecule has 2 saturated carbocycles. The van der Waals surface area contributed by atoms with Crippen LogP contribution < -0.4 is 4.74 Å². The van der Waals surface area contributed by atoms with Gasteiger partial charge in [0, 0.05) is 22.3 Å². The summed E-state index contributed by atoms with van der Waals surface area (Å²) < 4.78 is 11.3. The van der Waals surface area contributed by atoms with Crippen LogP contribution in [0.1, 0.15) is 55.7 Å². The van der Waals surface area contributed by atoms with Crippen molar-refractivity contribution in [3.63, 3.8) is 0 Å². The summed E-state index contributed by atoms with van der Waals surface area (Å²) in [6, 6.07) is 13.9. The lowest BCUT2D eigenvalue weighted by molar-refractivity contribution is -0.0913. The van der Waals surface area contributed by atoms with Gasteiger partial charge >= 0.3 is 0 Å². The van der Waals surface area contributed by atoms with E-state index >= 15 is 0 Å². The number of rotatable bonds is 6. The van der Waals surface area contributed by atoms with E-state index in [4.69, 9.17) is 21.1 Å².